The number of carbonyl (C=O) groups is 1. The lowest BCUT2D eigenvalue weighted by molar-refractivity contribution is -0.148. The summed E-state index contributed by atoms with van der Waals surface area (Å²) in [5.41, 5.74) is -2.17. The van der Waals surface area contributed by atoms with E-state index in [0.29, 0.717) is 0 Å². The Morgan fingerprint density at radius 2 is 2.07 bits per heavy atom. The molecule has 0 spiro atoms. The molecule has 1 atom stereocenters. The maximum atomic E-state index is 13.3. The van der Waals surface area contributed by atoms with E-state index in [2.05, 4.69) is 0 Å². The minimum absolute atomic E-state index is 0.0770. The first kappa shape index (κ1) is 11.0. The molecule has 76 valence electrons. The van der Waals surface area contributed by atoms with Gasteiger partial charge in [-0.25, -0.2) is 9.18 Å². The number of hydrogen-bond donors (Lipinski definition) is 1. The highest BCUT2D eigenvalue weighted by Crippen LogP contribution is 2.24. The van der Waals surface area contributed by atoms with Gasteiger partial charge < -0.3 is 5.11 Å². The van der Waals surface area contributed by atoms with Gasteiger partial charge in [-0.3, -0.25) is 0 Å². The third-order valence-corrected chi connectivity index (χ3v) is 2.99. The predicted octanol–water partition coefficient (Wildman–Crippen LogP) is 2.59. The fraction of sp³-hybridized carbons (Fsp3) is 0.300. The summed E-state index contributed by atoms with van der Waals surface area (Å²) >= 11 is 1.20. The van der Waals surface area contributed by atoms with Crippen molar-refractivity contribution in [1.29, 1.82) is 0 Å². The van der Waals surface area contributed by atoms with Gasteiger partial charge in [0.1, 0.15) is 0 Å². The van der Waals surface area contributed by atoms with Crippen LogP contribution >= 0.6 is 11.8 Å². The van der Waals surface area contributed by atoms with Gasteiger partial charge in [-0.2, -0.15) is 0 Å². The Morgan fingerprint density at radius 1 is 1.50 bits per heavy atom. The molecule has 0 saturated carbocycles. The van der Waals surface area contributed by atoms with Gasteiger partial charge in [-0.05, 0) is 19.1 Å². The van der Waals surface area contributed by atoms with Crippen LogP contribution in [-0.2, 0) is 4.79 Å². The molecule has 0 heterocycles. The maximum Gasteiger partial charge on any atom is 0.342 e. The van der Waals surface area contributed by atoms with E-state index in [1.165, 1.54) is 11.8 Å². The number of benzene rings is 1. The van der Waals surface area contributed by atoms with Crippen molar-refractivity contribution in [2.45, 2.75) is 17.5 Å². The molecule has 1 unspecified atom stereocenters. The molecule has 0 aliphatic heterocycles. The molecular formula is C10H11FO2S. The number of hydrogen-bond acceptors (Lipinski definition) is 2. The van der Waals surface area contributed by atoms with Crippen molar-refractivity contribution in [2.24, 2.45) is 0 Å². The van der Waals surface area contributed by atoms with Gasteiger partial charge in [0.05, 0.1) is 0 Å². The van der Waals surface area contributed by atoms with Crippen LogP contribution in [0.4, 0.5) is 4.39 Å². The fourth-order valence-corrected chi connectivity index (χ4v) is 1.71. The molecule has 0 amide bonds. The zero-order valence-corrected chi connectivity index (χ0v) is 8.55. The predicted molar refractivity (Wildman–Crippen MR) is 54.3 cm³/mol. The first-order valence-electron chi connectivity index (χ1n) is 4.12. The summed E-state index contributed by atoms with van der Waals surface area (Å²) in [7, 11) is 0. The van der Waals surface area contributed by atoms with Gasteiger partial charge >= 0.3 is 5.97 Å². The summed E-state index contributed by atoms with van der Waals surface area (Å²) in [6.45, 7) is 1.07. The van der Waals surface area contributed by atoms with Gasteiger partial charge in [0, 0.05) is 10.6 Å². The lowest BCUT2D eigenvalue weighted by Gasteiger charge is -2.13. The zero-order valence-electron chi connectivity index (χ0n) is 7.74. The lowest BCUT2D eigenvalue weighted by Crippen LogP contribution is -2.32. The van der Waals surface area contributed by atoms with E-state index in [9.17, 15) is 9.18 Å². The van der Waals surface area contributed by atoms with Crippen LogP contribution in [0.3, 0.4) is 0 Å². The molecule has 0 aliphatic carbocycles. The topological polar surface area (TPSA) is 37.3 Å². The molecule has 0 aliphatic rings. The molecule has 1 aromatic rings. The number of rotatable bonds is 4. The summed E-state index contributed by atoms with van der Waals surface area (Å²) in [4.78, 5) is 11.3. The van der Waals surface area contributed by atoms with Crippen LogP contribution in [0.5, 0.6) is 0 Å². The minimum Gasteiger partial charge on any atom is -0.479 e. The Hall–Kier alpha value is -1.03. The second-order valence-corrected chi connectivity index (χ2v) is 4.15. The Balaban J connectivity index is 2.53. The third-order valence-electron chi connectivity index (χ3n) is 1.70. The highest BCUT2D eigenvalue weighted by Gasteiger charge is 2.32. The van der Waals surface area contributed by atoms with Crippen LogP contribution in [0.25, 0.3) is 0 Å². The Labute approximate surface area is 86.1 Å². The van der Waals surface area contributed by atoms with E-state index in [-0.39, 0.29) is 5.75 Å². The first-order chi connectivity index (χ1) is 6.52. The number of thioether (sulfide) groups is 1. The van der Waals surface area contributed by atoms with Crippen molar-refractivity contribution in [1.82, 2.24) is 0 Å². The van der Waals surface area contributed by atoms with Crippen molar-refractivity contribution in [3.8, 4) is 0 Å². The van der Waals surface area contributed by atoms with E-state index >= 15 is 0 Å². The van der Waals surface area contributed by atoms with Crippen LogP contribution < -0.4 is 0 Å². The quantitative estimate of drug-likeness (QED) is 0.783. The van der Waals surface area contributed by atoms with Gasteiger partial charge in [0.25, 0.3) is 0 Å². The summed E-state index contributed by atoms with van der Waals surface area (Å²) in [5, 5.41) is 8.53. The zero-order chi connectivity index (χ0) is 10.6. The average molecular weight is 214 g/mol. The van der Waals surface area contributed by atoms with Crippen LogP contribution in [-0.4, -0.2) is 22.5 Å². The highest BCUT2D eigenvalue weighted by molar-refractivity contribution is 7.99. The monoisotopic (exact) mass is 214 g/mol. The molecule has 0 radical (unpaired) electrons. The fourth-order valence-electron chi connectivity index (χ4n) is 0.797. The van der Waals surface area contributed by atoms with Crippen LogP contribution in [0.2, 0.25) is 0 Å². The summed E-state index contributed by atoms with van der Waals surface area (Å²) in [6.07, 6.45) is 0. The van der Waals surface area contributed by atoms with Gasteiger partial charge in [0.15, 0.2) is 0 Å². The number of halogens is 1. The minimum atomic E-state index is -2.17. The molecule has 2 nitrogen and oxygen atoms in total. The highest BCUT2D eigenvalue weighted by atomic mass is 32.2. The normalized spacial score (nSPS) is 14.7. The number of alkyl halides is 1. The molecule has 0 aromatic heterocycles. The van der Waals surface area contributed by atoms with Gasteiger partial charge in [0.2, 0.25) is 5.67 Å². The Morgan fingerprint density at radius 3 is 2.57 bits per heavy atom. The molecule has 1 rings (SSSR count). The Bertz CT molecular complexity index is 311. The number of carboxylic acids is 1. The molecule has 4 heteroatoms. The summed E-state index contributed by atoms with van der Waals surface area (Å²) < 4.78 is 13.3. The van der Waals surface area contributed by atoms with Gasteiger partial charge in [-0.15, -0.1) is 11.8 Å². The van der Waals surface area contributed by atoms with Crippen molar-refractivity contribution in [2.75, 3.05) is 5.75 Å². The summed E-state index contributed by atoms with van der Waals surface area (Å²) in [6, 6.07) is 9.17. The average Bonchev–Trinajstić information content (AvgIpc) is 2.16. The largest absolute Gasteiger partial charge is 0.479 e. The summed E-state index contributed by atoms with van der Waals surface area (Å²) in [5.74, 6) is -1.49. The molecular weight excluding hydrogens is 203 g/mol. The van der Waals surface area contributed by atoms with Crippen molar-refractivity contribution < 1.29 is 14.3 Å². The SMILES string of the molecule is CC(F)(CSc1ccccc1)C(=O)O. The van der Waals surface area contributed by atoms with E-state index in [4.69, 9.17) is 5.11 Å². The maximum absolute atomic E-state index is 13.3. The molecule has 0 fully saturated rings. The second kappa shape index (κ2) is 4.46. The third kappa shape index (κ3) is 3.03. The van der Waals surface area contributed by atoms with Crippen LogP contribution in [0.1, 0.15) is 6.92 Å². The molecule has 0 bridgehead atoms. The lowest BCUT2D eigenvalue weighted by atomic mass is 10.2. The molecule has 14 heavy (non-hydrogen) atoms. The second-order valence-electron chi connectivity index (χ2n) is 3.10. The number of aliphatic carboxylic acids is 1. The van der Waals surface area contributed by atoms with Gasteiger partial charge in [-0.1, -0.05) is 18.2 Å². The van der Waals surface area contributed by atoms with E-state index < -0.39 is 11.6 Å². The molecule has 1 aromatic carbocycles. The smallest absolute Gasteiger partial charge is 0.342 e. The number of carboxylic acid groups (broad SMARTS) is 1. The van der Waals surface area contributed by atoms with E-state index in [1.54, 1.807) is 0 Å². The van der Waals surface area contributed by atoms with Crippen molar-refractivity contribution in [3.63, 3.8) is 0 Å². The van der Waals surface area contributed by atoms with Crippen molar-refractivity contribution >= 4 is 17.7 Å². The first-order valence-corrected chi connectivity index (χ1v) is 5.11. The molecule has 1 N–H and O–H groups in total. The van der Waals surface area contributed by atoms with Crippen LogP contribution in [0.15, 0.2) is 35.2 Å². The molecule has 0 saturated heterocycles. The van der Waals surface area contributed by atoms with Crippen molar-refractivity contribution in [3.05, 3.63) is 30.3 Å². The standard InChI is InChI=1S/C10H11FO2S/c1-10(11,9(12)13)7-14-8-5-3-2-4-6-8/h2-6H,7H2,1H3,(H,12,13). The van der Waals surface area contributed by atoms with Crippen LogP contribution in [0, 0.1) is 0 Å². The van der Waals surface area contributed by atoms with E-state index in [0.717, 1.165) is 11.8 Å². The van der Waals surface area contributed by atoms with E-state index in [1.807, 2.05) is 30.3 Å². The Kier molecular flexibility index (Phi) is 3.52.